The van der Waals surface area contributed by atoms with Gasteiger partial charge in [0, 0.05) is 53.7 Å². The molecule has 0 N–H and O–H groups in total. The van der Waals surface area contributed by atoms with Gasteiger partial charge in [-0.15, -0.1) is 11.3 Å². The van der Waals surface area contributed by atoms with Crippen molar-refractivity contribution >= 4 is 70.4 Å². The van der Waals surface area contributed by atoms with Gasteiger partial charge in [-0.3, -0.25) is 0 Å². The van der Waals surface area contributed by atoms with Gasteiger partial charge in [-0.05, 0) is 112 Å². The minimum absolute atomic E-state index is 1.11. The number of rotatable bonds is 7. The van der Waals surface area contributed by atoms with Crippen LogP contribution in [0.4, 0.5) is 17.1 Å². The van der Waals surface area contributed by atoms with Crippen molar-refractivity contribution < 1.29 is 0 Å². The van der Waals surface area contributed by atoms with E-state index in [9.17, 15) is 0 Å². The molecule has 11 aromatic rings. The molecule has 0 aliphatic rings. The Balaban J connectivity index is 0.968. The molecule has 2 heterocycles. The molecule has 268 valence electrons. The van der Waals surface area contributed by atoms with E-state index in [0.717, 1.165) is 17.1 Å². The quantitative estimate of drug-likeness (QED) is 0.158. The highest BCUT2D eigenvalue weighted by molar-refractivity contribution is 7.25. The van der Waals surface area contributed by atoms with Gasteiger partial charge in [-0.25, -0.2) is 0 Å². The number of fused-ring (bicyclic) bond motifs is 6. The maximum Gasteiger partial charge on any atom is 0.0541 e. The Morgan fingerprint density at radius 2 is 0.842 bits per heavy atom. The molecule has 0 unspecified atom stereocenters. The van der Waals surface area contributed by atoms with Crippen LogP contribution >= 0.6 is 11.3 Å². The van der Waals surface area contributed by atoms with Crippen LogP contribution in [0.1, 0.15) is 0 Å². The molecule has 2 aromatic heterocycles. The molecule has 0 aliphatic carbocycles. The first-order chi connectivity index (χ1) is 28.2. The molecule has 0 radical (unpaired) electrons. The molecule has 0 spiro atoms. The van der Waals surface area contributed by atoms with E-state index in [1.165, 1.54) is 81.0 Å². The largest absolute Gasteiger partial charge is 0.310 e. The second-order valence-corrected chi connectivity index (χ2v) is 15.7. The summed E-state index contributed by atoms with van der Waals surface area (Å²) in [6, 6.07) is 79.3. The Bertz CT molecular complexity index is 3230. The third-order valence-corrected chi connectivity index (χ3v) is 12.3. The van der Waals surface area contributed by atoms with Crippen LogP contribution in [0.25, 0.3) is 81.0 Å². The standard InChI is InChI=1S/C54H36N2S/c1-3-13-37(14-4-1)38-25-28-44(29-26-38)55(43-18-5-2-6-19-43)45-20-12-17-41(34-45)39-15-11-16-40(33-39)42-27-32-52-50(35-42)47-21-7-9-23-51(47)56(52)46-30-31-49-48-22-8-10-24-53(48)57-54(49)36-46/h1-36H. The van der Waals surface area contributed by atoms with Crippen LogP contribution in [0.2, 0.25) is 0 Å². The third kappa shape index (κ3) is 5.88. The number of benzene rings is 9. The summed E-state index contributed by atoms with van der Waals surface area (Å²) in [5.41, 5.74) is 14.1. The lowest BCUT2D eigenvalue weighted by atomic mass is 9.97. The number of thiophene rings is 1. The summed E-state index contributed by atoms with van der Waals surface area (Å²) >= 11 is 1.87. The first-order valence-corrected chi connectivity index (χ1v) is 20.2. The summed E-state index contributed by atoms with van der Waals surface area (Å²) in [5, 5.41) is 5.15. The Hall–Kier alpha value is -7.20. The van der Waals surface area contributed by atoms with Gasteiger partial charge >= 0.3 is 0 Å². The fourth-order valence-corrected chi connectivity index (χ4v) is 9.58. The Kier molecular flexibility index (Phi) is 8.04. The second-order valence-electron chi connectivity index (χ2n) is 14.6. The number of nitrogens with zero attached hydrogens (tertiary/aromatic N) is 2. The summed E-state index contributed by atoms with van der Waals surface area (Å²) in [6.07, 6.45) is 0. The maximum atomic E-state index is 2.42. The molecule has 0 saturated carbocycles. The number of anilines is 3. The van der Waals surface area contributed by atoms with Crippen molar-refractivity contribution in [2.75, 3.05) is 4.90 Å². The summed E-state index contributed by atoms with van der Waals surface area (Å²) in [4.78, 5) is 2.34. The lowest BCUT2D eigenvalue weighted by molar-refractivity contribution is 1.19. The smallest absolute Gasteiger partial charge is 0.0541 e. The fourth-order valence-electron chi connectivity index (χ4n) is 8.45. The van der Waals surface area contributed by atoms with Crippen LogP contribution in [0.3, 0.4) is 0 Å². The van der Waals surface area contributed by atoms with Crippen molar-refractivity contribution in [3.05, 3.63) is 218 Å². The zero-order valence-electron chi connectivity index (χ0n) is 31.1. The molecule has 0 bridgehead atoms. The number of aromatic nitrogens is 1. The van der Waals surface area contributed by atoms with Gasteiger partial charge in [0.25, 0.3) is 0 Å². The highest BCUT2D eigenvalue weighted by atomic mass is 32.1. The van der Waals surface area contributed by atoms with E-state index in [1.807, 2.05) is 11.3 Å². The van der Waals surface area contributed by atoms with E-state index in [2.05, 4.69) is 228 Å². The molecule has 0 fully saturated rings. The molecule has 0 saturated heterocycles. The Morgan fingerprint density at radius 3 is 1.65 bits per heavy atom. The molecule has 11 rings (SSSR count). The van der Waals surface area contributed by atoms with Crippen molar-refractivity contribution in [2.45, 2.75) is 0 Å². The number of hydrogen-bond acceptors (Lipinski definition) is 2. The first kappa shape index (κ1) is 33.2. The fraction of sp³-hybridized carbons (Fsp3) is 0. The van der Waals surface area contributed by atoms with Crippen LogP contribution in [0, 0.1) is 0 Å². The Labute approximate surface area is 335 Å². The van der Waals surface area contributed by atoms with Crippen molar-refractivity contribution in [3.8, 4) is 39.1 Å². The van der Waals surface area contributed by atoms with Crippen molar-refractivity contribution in [1.82, 2.24) is 4.57 Å². The van der Waals surface area contributed by atoms with E-state index < -0.39 is 0 Å². The number of hydrogen-bond donors (Lipinski definition) is 0. The predicted octanol–water partition coefficient (Wildman–Crippen LogP) is 15.6. The van der Waals surface area contributed by atoms with E-state index in [-0.39, 0.29) is 0 Å². The van der Waals surface area contributed by atoms with E-state index in [1.54, 1.807) is 0 Å². The van der Waals surface area contributed by atoms with Crippen molar-refractivity contribution in [2.24, 2.45) is 0 Å². The van der Waals surface area contributed by atoms with Crippen LogP contribution in [0.5, 0.6) is 0 Å². The van der Waals surface area contributed by atoms with Gasteiger partial charge in [0.05, 0.1) is 11.0 Å². The minimum atomic E-state index is 1.11. The van der Waals surface area contributed by atoms with Gasteiger partial charge in [0.2, 0.25) is 0 Å². The lowest BCUT2D eigenvalue weighted by Gasteiger charge is -2.26. The summed E-state index contributed by atoms with van der Waals surface area (Å²) in [7, 11) is 0. The molecular weight excluding hydrogens is 709 g/mol. The number of para-hydroxylation sites is 2. The van der Waals surface area contributed by atoms with Crippen molar-refractivity contribution in [3.63, 3.8) is 0 Å². The Morgan fingerprint density at radius 1 is 0.298 bits per heavy atom. The van der Waals surface area contributed by atoms with Crippen LogP contribution in [-0.2, 0) is 0 Å². The second kappa shape index (κ2) is 13.8. The average molecular weight is 745 g/mol. The van der Waals surface area contributed by atoms with E-state index >= 15 is 0 Å². The normalized spacial score (nSPS) is 11.5. The van der Waals surface area contributed by atoms with Crippen LogP contribution in [0.15, 0.2) is 218 Å². The molecule has 0 aliphatic heterocycles. The summed E-state index contributed by atoms with van der Waals surface area (Å²) in [5.74, 6) is 0. The van der Waals surface area contributed by atoms with Gasteiger partial charge in [0.1, 0.15) is 0 Å². The zero-order valence-corrected chi connectivity index (χ0v) is 31.9. The molecule has 2 nitrogen and oxygen atoms in total. The van der Waals surface area contributed by atoms with Crippen LogP contribution < -0.4 is 4.90 Å². The minimum Gasteiger partial charge on any atom is -0.310 e. The van der Waals surface area contributed by atoms with Gasteiger partial charge in [0.15, 0.2) is 0 Å². The van der Waals surface area contributed by atoms with Gasteiger partial charge in [-0.2, -0.15) is 0 Å². The molecule has 3 heteroatoms. The van der Waals surface area contributed by atoms with E-state index in [0.29, 0.717) is 0 Å². The first-order valence-electron chi connectivity index (χ1n) is 19.4. The SMILES string of the molecule is c1ccc(-c2ccc(N(c3ccccc3)c3cccc(-c4cccc(-c5ccc6c(c5)c5ccccc5n6-c5ccc6c(c5)sc5ccccc56)c4)c3)cc2)cc1. The molecular formula is C54H36N2S. The highest BCUT2D eigenvalue weighted by Gasteiger charge is 2.17. The maximum absolute atomic E-state index is 2.42. The summed E-state index contributed by atoms with van der Waals surface area (Å²) in [6.45, 7) is 0. The van der Waals surface area contributed by atoms with Gasteiger partial charge in [-0.1, -0.05) is 140 Å². The molecule has 0 amide bonds. The zero-order chi connectivity index (χ0) is 37.7. The molecule has 57 heavy (non-hydrogen) atoms. The summed E-state index contributed by atoms with van der Waals surface area (Å²) < 4.78 is 5.06. The lowest BCUT2D eigenvalue weighted by Crippen LogP contribution is -2.09. The highest BCUT2D eigenvalue weighted by Crippen LogP contribution is 2.41. The average Bonchev–Trinajstić information content (AvgIpc) is 3.82. The monoisotopic (exact) mass is 744 g/mol. The van der Waals surface area contributed by atoms with Gasteiger partial charge < -0.3 is 9.47 Å². The molecule has 9 aromatic carbocycles. The molecule has 0 atom stereocenters. The van der Waals surface area contributed by atoms with Crippen LogP contribution in [-0.4, -0.2) is 4.57 Å². The van der Waals surface area contributed by atoms with E-state index in [4.69, 9.17) is 0 Å². The topological polar surface area (TPSA) is 8.17 Å². The predicted molar refractivity (Wildman–Crippen MR) is 245 cm³/mol. The van der Waals surface area contributed by atoms with Crippen molar-refractivity contribution in [1.29, 1.82) is 0 Å². The third-order valence-electron chi connectivity index (χ3n) is 11.2.